The van der Waals surface area contributed by atoms with Crippen molar-refractivity contribution < 1.29 is 13.9 Å². The summed E-state index contributed by atoms with van der Waals surface area (Å²) >= 11 is 0. The molecule has 94 valence electrons. The van der Waals surface area contributed by atoms with Crippen molar-refractivity contribution in [2.24, 2.45) is 5.92 Å². The Morgan fingerprint density at radius 2 is 2.28 bits per heavy atom. The fourth-order valence-corrected chi connectivity index (χ4v) is 2.03. The number of hydrogen-bond donors (Lipinski definition) is 1. The van der Waals surface area contributed by atoms with Crippen molar-refractivity contribution in [2.45, 2.75) is 18.9 Å². The van der Waals surface area contributed by atoms with Gasteiger partial charge in [0, 0.05) is 11.7 Å². The predicted molar refractivity (Wildman–Crippen MR) is 63.3 cm³/mol. The number of methoxy groups -OCH3 is 1. The van der Waals surface area contributed by atoms with E-state index in [0.29, 0.717) is 18.5 Å². The second-order valence-electron chi connectivity index (χ2n) is 4.34. The van der Waals surface area contributed by atoms with Crippen molar-refractivity contribution in [3.63, 3.8) is 0 Å². The van der Waals surface area contributed by atoms with E-state index in [2.05, 4.69) is 10.1 Å². The van der Waals surface area contributed by atoms with Gasteiger partial charge < -0.3 is 10.1 Å². The van der Waals surface area contributed by atoms with Crippen LogP contribution in [0, 0.1) is 23.1 Å². The molecule has 0 heterocycles. The average Bonchev–Trinajstić information content (AvgIpc) is 2.34. The molecule has 0 radical (unpaired) electrons. The summed E-state index contributed by atoms with van der Waals surface area (Å²) in [7, 11) is 1.38. The quantitative estimate of drug-likeness (QED) is 0.832. The van der Waals surface area contributed by atoms with Crippen LogP contribution in [0.1, 0.15) is 18.4 Å². The number of benzene rings is 1. The normalized spacial score (nSPS) is 21.6. The van der Waals surface area contributed by atoms with Crippen molar-refractivity contribution >= 4 is 11.7 Å². The van der Waals surface area contributed by atoms with Gasteiger partial charge in [-0.05, 0) is 31.0 Å². The summed E-state index contributed by atoms with van der Waals surface area (Å²) in [5.41, 5.74) is 0.713. The zero-order chi connectivity index (χ0) is 13.1. The Labute approximate surface area is 104 Å². The average molecular weight is 248 g/mol. The number of carbonyl (C=O) groups excluding carboxylic acids is 1. The lowest BCUT2D eigenvalue weighted by atomic mass is 9.80. The Balaban J connectivity index is 1.93. The number of esters is 1. The second kappa shape index (κ2) is 5.05. The highest BCUT2D eigenvalue weighted by molar-refractivity contribution is 5.73. The monoisotopic (exact) mass is 248 g/mol. The first kappa shape index (κ1) is 12.4. The van der Waals surface area contributed by atoms with Crippen LogP contribution in [-0.4, -0.2) is 19.1 Å². The van der Waals surface area contributed by atoms with Gasteiger partial charge in [0.15, 0.2) is 0 Å². The summed E-state index contributed by atoms with van der Waals surface area (Å²) in [5, 5.41) is 11.9. The van der Waals surface area contributed by atoms with E-state index in [1.165, 1.54) is 19.2 Å². The molecule has 18 heavy (non-hydrogen) atoms. The zero-order valence-electron chi connectivity index (χ0n) is 9.94. The molecule has 4 nitrogen and oxygen atoms in total. The summed E-state index contributed by atoms with van der Waals surface area (Å²) in [6.45, 7) is 0. The Bertz CT molecular complexity index is 504. The van der Waals surface area contributed by atoms with Crippen LogP contribution in [0.5, 0.6) is 0 Å². The molecule has 1 fully saturated rings. The van der Waals surface area contributed by atoms with Gasteiger partial charge in [-0.2, -0.15) is 5.26 Å². The number of nitriles is 1. The minimum Gasteiger partial charge on any atom is -0.469 e. The van der Waals surface area contributed by atoms with E-state index < -0.39 is 5.82 Å². The molecule has 0 spiro atoms. The van der Waals surface area contributed by atoms with Crippen LogP contribution in [0.4, 0.5) is 10.1 Å². The first-order valence-corrected chi connectivity index (χ1v) is 5.68. The molecule has 0 unspecified atom stereocenters. The summed E-state index contributed by atoms with van der Waals surface area (Å²) in [4.78, 5) is 11.2. The van der Waals surface area contributed by atoms with Gasteiger partial charge >= 0.3 is 5.97 Å². The lowest BCUT2D eigenvalue weighted by molar-refractivity contribution is -0.148. The fourth-order valence-electron chi connectivity index (χ4n) is 2.03. The SMILES string of the molecule is COC(=O)C1CC(Nc2ccc(F)c(C#N)c2)C1. The lowest BCUT2D eigenvalue weighted by Crippen LogP contribution is -2.40. The topological polar surface area (TPSA) is 62.1 Å². The number of carbonyl (C=O) groups is 1. The molecule has 5 heteroatoms. The molecule has 1 aliphatic carbocycles. The fraction of sp³-hybridized carbons (Fsp3) is 0.385. The molecule has 0 aliphatic heterocycles. The van der Waals surface area contributed by atoms with Crippen LogP contribution >= 0.6 is 0 Å². The maximum atomic E-state index is 13.1. The van der Waals surface area contributed by atoms with Gasteiger partial charge in [-0.15, -0.1) is 0 Å². The summed E-state index contributed by atoms with van der Waals surface area (Å²) < 4.78 is 17.8. The third kappa shape index (κ3) is 2.43. The maximum Gasteiger partial charge on any atom is 0.308 e. The van der Waals surface area contributed by atoms with Gasteiger partial charge in [0.25, 0.3) is 0 Å². The number of halogens is 1. The number of nitrogens with zero attached hydrogens (tertiary/aromatic N) is 1. The molecule has 1 N–H and O–H groups in total. The maximum absolute atomic E-state index is 13.1. The van der Waals surface area contributed by atoms with E-state index >= 15 is 0 Å². The van der Waals surface area contributed by atoms with Crippen LogP contribution in [0.15, 0.2) is 18.2 Å². The third-order valence-corrected chi connectivity index (χ3v) is 3.13. The Morgan fingerprint density at radius 3 is 2.89 bits per heavy atom. The van der Waals surface area contributed by atoms with Gasteiger partial charge in [-0.1, -0.05) is 0 Å². The van der Waals surface area contributed by atoms with Crippen LogP contribution < -0.4 is 5.32 Å². The third-order valence-electron chi connectivity index (χ3n) is 3.13. The van der Waals surface area contributed by atoms with Crippen LogP contribution in [0.25, 0.3) is 0 Å². The van der Waals surface area contributed by atoms with Crippen molar-refractivity contribution in [1.29, 1.82) is 5.26 Å². The van der Waals surface area contributed by atoms with Crippen LogP contribution in [0.2, 0.25) is 0 Å². The van der Waals surface area contributed by atoms with E-state index in [1.807, 2.05) is 0 Å². The predicted octanol–water partition coefficient (Wildman–Crippen LogP) is 2.06. The Kier molecular flexibility index (Phi) is 3.47. The highest BCUT2D eigenvalue weighted by Gasteiger charge is 2.35. The number of nitrogens with one attached hydrogen (secondary N) is 1. The minimum absolute atomic E-state index is 0.0174. The zero-order valence-corrected chi connectivity index (χ0v) is 9.94. The second-order valence-corrected chi connectivity index (χ2v) is 4.34. The molecule has 1 aromatic rings. The molecule has 0 saturated heterocycles. The van der Waals surface area contributed by atoms with Gasteiger partial charge in [0.1, 0.15) is 11.9 Å². The molecule has 0 atom stereocenters. The number of hydrogen-bond acceptors (Lipinski definition) is 4. The van der Waals surface area contributed by atoms with E-state index in [9.17, 15) is 9.18 Å². The van der Waals surface area contributed by atoms with Gasteiger partial charge in [0.05, 0.1) is 18.6 Å². The first-order valence-electron chi connectivity index (χ1n) is 5.68. The van der Waals surface area contributed by atoms with Gasteiger partial charge in [-0.25, -0.2) is 4.39 Å². The summed E-state index contributed by atoms with van der Waals surface area (Å²) in [6, 6.07) is 6.28. The van der Waals surface area contributed by atoms with Crippen LogP contribution in [-0.2, 0) is 9.53 Å². The smallest absolute Gasteiger partial charge is 0.308 e. The van der Waals surface area contributed by atoms with E-state index in [1.54, 1.807) is 12.1 Å². The van der Waals surface area contributed by atoms with Crippen molar-refractivity contribution in [3.05, 3.63) is 29.6 Å². The van der Waals surface area contributed by atoms with E-state index in [4.69, 9.17) is 5.26 Å². The molecule has 1 saturated carbocycles. The summed E-state index contributed by atoms with van der Waals surface area (Å²) in [6.07, 6.45) is 1.40. The van der Waals surface area contributed by atoms with Crippen LogP contribution in [0.3, 0.4) is 0 Å². The van der Waals surface area contributed by atoms with Crippen molar-refractivity contribution in [3.8, 4) is 6.07 Å². The van der Waals surface area contributed by atoms with E-state index in [0.717, 1.165) is 0 Å². The van der Waals surface area contributed by atoms with Gasteiger partial charge in [0.2, 0.25) is 0 Å². The number of anilines is 1. The molecule has 0 amide bonds. The highest BCUT2D eigenvalue weighted by Crippen LogP contribution is 2.31. The van der Waals surface area contributed by atoms with Gasteiger partial charge in [-0.3, -0.25) is 4.79 Å². The molecule has 0 aromatic heterocycles. The molecule has 1 aliphatic rings. The number of ether oxygens (including phenoxy) is 1. The summed E-state index contributed by atoms with van der Waals surface area (Å²) in [5.74, 6) is -0.766. The standard InChI is InChI=1S/C13H13FN2O2/c1-18-13(17)8-4-11(5-8)16-10-2-3-12(14)9(6-10)7-15/h2-3,6,8,11,16H,4-5H2,1H3. The first-order chi connectivity index (χ1) is 8.63. The van der Waals surface area contributed by atoms with E-state index in [-0.39, 0.29) is 23.5 Å². The minimum atomic E-state index is -0.524. The largest absolute Gasteiger partial charge is 0.469 e. The molecular formula is C13H13FN2O2. The van der Waals surface area contributed by atoms with Crippen molar-refractivity contribution in [1.82, 2.24) is 0 Å². The lowest BCUT2D eigenvalue weighted by Gasteiger charge is -2.34. The van der Waals surface area contributed by atoms with Crippen molar-refractivity contribution in [2.75, 3.05) is 12.4 Å². The Morgan fingerprint density at radius 1 is 1.56 bits per heavy atom. The molecular weight excluding hydrogens is 235 g/mol. The number of rotatable bonds is 3. The highest BCUT2D eigenvalue weighted by atomic mass is 19.1. The molecule has 1 aromatic carbocycles. The molecule has 0 bridgehead atoms. The molecule has 2 rings (SSSR count). The Hall–Kier alpha value is -2.09.